The SMILES string of the molecule is N#Cc1cc(Br)c(S(=O)(=O)Cl)cc1[N+](=O)[O-]. The molecule has 0 saturated heterocycles. The third kappa shape index (κ3) is 2.49. The minimum Gasteiger partial charge on any atom is -0.258 e. The highest BCUT2D eigenvalue weighted by Crippen LogP contribution is 2.31. The molecule has 0 radical (unpaired) electrons. The van der Waals surface area contributed by atoms with Crippen molar-refractivity contribution in [2.24, 2.45) is 0 Å². The molecule has 0 aliphatic carbocycles. The van der Waals surface area contributed by atoms with E-state index in [0.29, 0.717) is 0 Å². The van der Waals surface area contributed by atoms with Crippen LogP contribution in [0.3, 0.4) is 0 Å². The summed E-state index contributed by atoms with van der Waals surface area (Å²) in [5, 5.41) is 19.2. The highest BCUT2D eigenvalue weighted by Gasteiger charge is 2.23. The topological polar surface area (TPSA) is 101 Å². The van der Waals surface area contributed by atoms with Crippen molar-refractivity contribution in [2.45, 2.75) is 4.90 Å². The standard InChI is InChI=1S/C7H2BrClN2O4S/c8-5-1-4(3-10)6(11(12)13)2-7(5)16(9,14)15/h1-2H. The Bertz CT molecular complexity index is 608. The minimum absolute atomic E-state index is 0.00431. The summed E-state index contributed by atoms with van der Waals surface area (Å²) >= 11 is 2.87. The van der Waals surface area contributed by atoms with Gasteiger partial charge < -0.3 is 0 Å². The number of nitriles is 1. The predicted octanol–water partition coefficient (Wildman–Crippen LogP) is 2.16. The smallest absolute Gasteiger partial charge is 0.258 e. The summed E-state index contributed by atoms with van der Waals surface area (Å²) in [4.78, 5) is 9.28. The normalized spacial score (nSPS) is 10.8. The van der Waals surface area contributed by atoms with Crippen LogP contribution in [-0.2, 0) is 9.05 Å². The largest absolute Gasteiger partial charge is 0.288 e. The second-order valence-corrected chi connectivity index (χ2v) is 6.00. The van der Waals surface area contributed by atoms with Crippen molar-refractivity contribution in [3.63, 3.8) is 0 Å². The molecule has 1 aromatic rings. The fourth-order valence-electron chi connectivity index (χ4n) is 0.970. The molecule has 0 saturated carbocycles. The van der Waals surface area contributed by atoms with Crippen LogP contribution in [0.1, 0.15) is 5.56 Å². The first-order chi connectivity index (χ1) is 7.27. The molecule has 0 aromatic heterocycles. The number of benzene rings is 1. The van der Waals surface area contributed by atoms with E-state index in [1.807, 2.05) is 0 Å². The summed E-state index contributed by atoms with van der Waals surface area (Å²) in [6, 6.07) is 3.36. The zero-order chi connectivity index (χ0) is 12.5. The Morgan fingerprint density at radius 2 is 2.06 bits per heavy atom. The quantitative estimate of drug-likeness (QED) is 0.471. The number of nitro groups is 1. The Hall–Kier alpha value is -1.17. The van der Waals surface area contributed by atoms with E-state index in [9.17, 15) is 18.5 Å². The van der Waals surface area contributed by atoms with Crippen LogP contribution in [0.25, 0.3) is 0 Å². The first-order valence-corrected chi connectivity index (χ1v) is 6.70. The lowest BCUT2D eigenvalue weighted by Crippen LogP contribution is -1.98. The zero-order valence-corrected chi connectivity index (χ0v) is 10.5. The maximum Gasteiger partial charge on any atom is 0.288 e. The molecule has 0 bridgehead atoms. The molecule has 9 heteroatoms. The first kappa shape index (κ1) is 12.9. The summed E-state index contributed by atoms with van der Waals surface area (Å²) in [5.74, 6) is 0. The lowest BCUT2D eigenvalue weighted by atomic mass is 10.2. The third-order valence-electron chi connectivity index (χ3n) is 1.63. The highest BCUT2D eigenvalue weighted by atomic mass is 79.9. The molecule has 0 fully saturated rings. The van der Waals surface area contributed by atoms with Crippen molar-refractivity contribution in [1.29, 1.82) is 5.26 Å². The van der Waals surface area contributed by atoms with Crippen molar-refractivity contribution >= 4 is 41.4 Å². The van der Waals surface area contributed by atoms with E-state index in [-0.39, 0.29) is 10.0 Å². The summed E-state index contributed by atoms with van der Waals surface area (Å²) in [6.45, 7) is 0. The minimum atomic E-state index is -4.10. The van der Waals surface area contributed by atoms with Gasteiger partial charge in [0.15, 0.2) is 0 Å². The van der Waals surface area contributed by atoms with Crippen LogP contribution in [0.15, 0.2) is 21.5 Å². The number of hydrogen-bond acceptors (Lipinski definition) is 5. The van der Waals surface area contributed by atoms with Gasteiger partial charge in [0.25, 0.3) is 14.7 Å². The molecule has 0 spiro atoms. The molecular formula is C7H2BrClN2O4S. The van der Waals surface area contributed by atoms with Crippen molar-refractivity contribution < 1.29 is 13.3 Å². The lowest BCUT2D eigenvalue weighted by molar-refractivity contribution is -0.385. The fourth-order valence-corrected chi connectivity index (χ4v) is 3.16. The van der Waals surface area contributed by atoms with Gasteiger partial charge in [-0.15, -0.1) is 0 Å². The number of nitro benzene ring substituents is 1. The fraction of sp³-hybridized carbons (Fsp3) is 0. The van der Waals surface area contributed by atoms with E-state index in [1.165, 1.54) is 0 Å². The molecule has 6 nitrogen and oxygen atoms in total. The molecule has 0 heterocycles. The van der Waals surface area contributed by atoms with Crippen LogP contribution in [0, 0.1) is 21.4 Å². The monoisotopic (exact) mass is 324 g/mol. The van der Waals surface area contributed by atoms with Gasteiger partial charge in [0, 0.05) is 21.2 Å². The number of halogens is 2. The lowest BCUT2D eigenvalue weighted by Gasteiger charge is -2.01. The van der Waals surface area contributed by atoms with Crippen molar-refractivity contribution in [3.05, 3.63) is 32.3 Å². The zero-order valence-electron chi connectivity index (χ0n) is 7.35. The summed E-state index contributed by atoms with van der Waals surface area (Å²) in [6.07, 6.45) is 0. The van der Waals surface area contributed by atoms with Gasteiger partial charge in [-0.25, -0.2) is 8.42 Å². The van der Waals surface area contributed by atoms with Gasteiger partial charge in [-0.2, -0.15) is 5.26 Å². The second-order valence-electron chi connectivity index (χ2n) is 2.61. The summed E-state index contributed by atoms with van der Waals surface area (Å²) in [7, 11) is 0.970. The van der Waals surface area contributed by atoms with Gasteiger partial charge in [0.1, 0.15) is 16.5 Å². The molecule has 1 rings (SSSR count). The Kier molecular flexibility index (Phi) is 3.52. The maximum absolute atomic E-state index is 11.1. The Labute approximate surface area is 103 Å². The average Bonchev–Trinajstić information content (AvgIpc) is 2.14. The van der Waals surface area contributed by atoms with E-state index < -0.39 is 24.6 Å². The molecule has 84 valence electrons. The van der Waals surface area contributed by atoms with Gasteiger partial charge in [-0.1, -0.05) is 0 Å². The van der Waals surface area contributed by atoms with E-state index in [4.69, 9.17) is 15.9 Å². The van der Waals surface area contributed by atoms with Gasteiger partial charge in [-0.3, -0.25) is 10.1 Å². The van der Waals surface area contributed by atoms with Crippen molar-refractivity contribution in [3.8, 4) is 6.07 Å². The summed E-state index contributed by atoms with van der Waals surface area (Å²) < 4.78 is 22.1. The maximum atomic E-state index is 11.1. The highest BCUT2D eigenvalue weighted by molar-refractivity contribution is 9.10. The first-order valence-electron chi connectivity index (χ1n) is 3.60. The van der Waals surface area contributed by atoms with Crippen LogP contribution < -0.4 is 0 Å². The molecule has 0 aliphatic heterocycles. The van der Waals surface area contributed by atoms with E-state index in [2.05, 4.69) is 15.9 Å². The molecular weight excluding hydrogens is 324 g/mol. The number of nitrogens with zero attached hydrogens (tertiary/aromatic N) is 2. The van der Waals surface area contributed by atoms with Crippen LogP contribution in [-0.4, -0.2) is 13.3 Å². The molecule has 0 atom stereocenters. The Morgan fingerprint density at radius 3 is 2.44 bits per heavy atom. The van der Waals surface area contributed by atoms with Gasteiger partial charge in [-0.05, 0) is 22.0 Å². The van der Waals surface area contributed by atoms with E-state index in [0.717, 1.165) is 12.1 Å². The summed E-state index contributed by atoms with van der Waals surface area (Å²) in [5.41, 5.74) is -0.856. The van der Waals surface area contributed by atoms with Gasteiger partial charge >= 0.3 is 0 Å². The van der Waals surface area contributed by atoms with Crippen LogP contribution in [0.2, 0.25) is 0 Å². The van der Waals surface area contributed by atoms with Gasteiger partial charge in [0.05, 0.1) is 4.92 Å². The van der Waals surface area contributed by atoms with E-state index in [1.54, 1.807) is 6.07 Å². The molecule has 1 aromatic carbocycles. The molecule has 16 heavy (non-hydrogen) atoms. The second kappa shape index (κ2) is 4.37. The Morgan fingerprint density at radius 1 is 1.50 bits per heavy atom. The van der Waals surface area contributed by atoms with Crippen molar-refractivity contribution in [1.82, 2.24) is 0 Å². The molecule has 0 aliphatic rings. The third-order valence-corrected chi connectivity index (χ3v) is 3.91. The van der Waals surface area contributed by atoms with Crippen LogP contribution in [0.5, 0.6) is 0 Å². The van der Waals surface area contributed by atoms with Gasteiger partial charge in [0.2, 0.25) is 0 Å². The van der Waals surface area contributed by atoms with E-state index >= 15 is 0 Å². The van der Waals surface area contributed by atoms with Crippen LogP contribution >= 0.6 is 26.6 Å². The number of rotatable bonds is 2. The molecule has 0 unspecified atom stereocenters. The van der Waals surface area contributed by atoms with Crippen LogP contribution in [0.4, 0.5) is 5.69 Å². The Balaban J connectivity index is 3.67. The number of hydrogen-bond donors (Lipinski definition) is 0. The molecule has 0 amide bonds. The van der Waals surface area contributed by atoms with Crippen molar-refractivity contribution in [2.75, 3.05) is 0 Å². The average molecular weight is 326 g/mol. The molecule has 0 N–H and O–H groups in total. The predicted molar refractivity (Wildman–Crippen MR) is 58.6 cm³/mol.